The van der Waals surface area contributed by atoms with Gasteiger partial charge >= 0.3 is 0 Å². The molecule has 5 rings (SSSR count). The maximum Gasteiger partial charge on any atom is 0.257 e. The topological polar surface area (TPSA) is 65.8 Å². The molecule has 4 aromatic rings. The van der Waals surface area contributed by atoms with E-state index in [2.05, 4.69) is 44.3 Å². The molecule has 2 aromatic carbocycles. The number of carbonyl (C=O) groups excluding carboxylic acids is 1. The maximum absolute atomic E-state index is 13.5. The van der Waals surface area contributed by atoms with Gasteiger partial charge in [-0.2, -0.15) is 5.26 Å². The molecule has 1 N–H and O–H groups in total. The quantitative estimate of drug-likeness (QED) is 0.371. The van der Waals surface area contributed by atoms with Crippen molar-refractivity contribution in [2.24, 2.45) is 5.92 Å². The molecule has 1 atom stereocenters. The van der Waals surface area contributed by atoms with E-state index in [1.165, 1.54) is 16.0 Å². The number of aromatic nitrogens is 1. The Labute approximate surface area is 197 Å². The van der Waals surface area contributed by atoms with Gasteiger partial charge in [-0.15, -0.1) is 11.3 Å². The monoisotopic (exact) mass is 451 g/mol. The molecule has 0 bridgehead atoms. The summed E-state index contributed by atoms with van der Waals surface area (Å²) in [5.41, 5.74) is 7.24. The zero-order valence-corrected chi connectivity index (χ0v) is 19.8. The van der Waals surface area contributed by atoms with E-state index in [4.69, 9.17) is 4.98 Å². The minimum atomic E-state index is -0.207. The summed E-state index contributed by atoms with van der Waals surface area (Å²) >= 11 is 1.55. The Kier molecular flexibility index (Phi) is 5.47. The predicted octanol–water partition coefficient (Wildman–Crippen LogP) is 6.83. The van der Waals surface area contributed by atoms with Gasteiger partial charge in [0.05, 0.1) is 22.3 Å². The Hall–Kier alpha value is -3.49. The molecule has 164 valence electrons. The molecular weight excluding hydrogens is 426 g/mol. The summed E-state index contributed by atoms with van der Waals surface area (Å²) in [6.07, 6.45) is 2.96. The Morgan fingerprint density at radius 3 is 2.76 bits per heavy atom. The molecule has 33 heavy (non-hydrogen) atoms. The largest absolute Gasteiger partial charge is 0.312 e. The summed E-state index contributed by atoms with van der Waals surface area (Å²) in [5.74, 6) is 0.401. The number of pyridine rings is 1. The van der Waals surface area contributed by atoms with E-state index in [-0.39, 0.29) is 5.91 Å². The lowest BCUT2D eigenvalue weighted by Gasteiger charge is -2.17. The van der Waals surface area contributed by atoms with Crippen molar-refractivity contribution in [1.82, 2.24) is 4.98 Å². The molecule has 1 aliphatic carbocycles. The highest BCUT2D eigenvalue weighted by molar-refractivity contribution is 7.16. The van der Waals surface area contributed by atoms with E-state index < -0.39 is 0 Å². The van der Waals surface area contributed by atoms with Crippen molar-refractivity contribution in [3.8, 4) is 17.3 Å². The third-order valence-electron chi connectivity index (χ3n) is 6.61. The van der Waals surface area contributed by atoms with Crippen molar-refractivity contribution in [3.63, 3.8) is 0 Å². The van der Waals surface area contributed by atoms with Crippen molar-refractivity contribution < 1.29 is 4.79 Å². The van der Waals surface area contributed by atoms with Gasteiger partial charge in [0.2, 0.25) is 0 Å². The van der Waals surface area contributed by atoms with Gasteiger partial charge in [-0.1, -0.05) is 37.3 Å². The summed E-state index contributed by atoms with van der Waals surface area (Å²) in [6.45, 7) is 6.40. The third kappa shape index (κ3) is 3.92. The van der Waals surface area contributed by atoms with E-state index in [0.29, 0.717) is 22.0 Å². The third-order valence-corrected chi connectivity index (χ3v) is 7.78. The van der Waals surface area contributed by atoms with Crippen LogP contribution in [-0.2, 0) is 12.8 Å². The van der Waals surface area contributed by atoms with Crippen LogP contribution in [-0.4, -0.2) is 10.9 Å². The molecule has 2 aromatic heterocycles. The number of para-hydroxylation sites is 1. The van der Waals surface area contributed by atoms with Crippen LogP contribution in [0.4, 0.5) is 5.00 Å². The Morgan fingerprint density at radius 2 is 1.97 bits per heavy atom. The lowest BCUT2D eigenvalue weighted by Crippen LogP contribution is -2.13. The van der Waals surface area contributed by atoms with E-state index in [1.807, 2.05) is 36.4 Å². The van der Waals surface area contributed by atoms with Crippen LogP contribution in [0.2, 0.25) is 0 Å². The van der Waals surface area contributed by atoms with Gasteiger partial charge in [0.1, 0.15) is 11.1 Å². The number of hydrogen-bond acceptors (Lipinski definition) is 4. The number of nitriles is 1. The van der Waals surface area contributed by atoms with Crippen molar-refractivity contribution >= 4 is 33.1 Å². The zero-order chi connectivity index (χ0) is 23.1. The minimum Gasteiger partial charge on any atom is -0.312 e. The first-order valence-electron chi connectivity index (χ1n) is 11.3. The summed E-state index contributed by atoms with van der Waals surface area (Å²) in [5, 5.41) is 14.4. The molecule has 1 amide bonds. The lowest BCUT2D eigenvalue weighted by atomic mass is 9.88. The number of amides is 1. The van der Waals surface area contributed by atoms with Crippen LogP contribution in [0.25, 0.3) is 22.2 Å². The number of benzene rings is 2. The molecule has 0 fully saturated rings. The van der Waals surface area contributed by atoms with Crippen molar-refractivity contribution in [3.05, 3.63) is 81.2 Å². The van der Waals surface area contributed by atoms with Gasteiger partial charge in [0.15, 0.2) is 0 Å². The van der Waals surface area contributed by atoms with Gasteiger partial charge in [0.25, 0.3) is 5.91 Å². The van der Waals surface area contributed by atoms with Crippen molar-refractivity contribution in [1.29, 1.82) is 5.26 Å². The highest BCUT2D eigenvalue weighted by atomic mass is 32.1. The molecule has 2 heterocycles. The van der Waals surface area contributed by atoms with Crippen LogP contribution in [0.15, 0.2) is 48.5 Å². The molecule has 5 heteroatoms. The fourth-order valence-corrected chi connectivity index (χ4v) is 5.90. The smallest absolute Gasteiger partial charge is 0.257 e. The molecule has 0 radical (unpaired) electrons. The second kappa shape index (κ2) is 8.46. The molecule has 0 saturated carbocycles. The average molecular weight is 452 g/mol. The lowest BCUT2D eigenvalue weighted by molar-refractivity contribution is 0.102. The van der Waals surface area contributed by atoms with Crippen molar-refractivity contribution in [2.45, 2.75) is 40.0 Å². The highest BCUT2D eigenvalue weighted by Crippen LogP contribution is 2.39. The SMILES string of the molecule is Cc1ccc(-c2cc(C(=O)Nc3sc4c(c3C#N)CC[C@@H](C)C4)c3ccccc3n2)cc1C. The molecule has 0 spiro atoms. The summed E-state index contributed by atoms with van der Waals surface area (Å²) in [6, 6.07) is 18.2. The number of thiophene rings is 1. The first-order valence-corrected chi connectivity index (χ1v) is 12.1. The molecule has 1 aliphatic rings. The van der Waals surface area contributed by atoms with Crippen LogP contribution >= 0.6 is 11.3 Å². The van der Waals surface area contributed by atoms with Gasteiger partial charge in [-0.25, -0.2) is 4.98 Å². The van der Waals surface area contributed by atoms with E-state index in [9.17, 15) is 10.1 Å². The maximum atomic E-state index is 13.5. The van der Waals surface area contributed by atoms with Gasteiger partial charge < -0.3 is 5.32 Å². The average Bonchev–Trinajstić information content (AvgIpc) is 3.15. The Morgan fingerprint density at radius 1 is 1.15 bits per heavy atom. The van der Waals surface area contributed by atoms with Crippen molar-refractivity contribution in [2.75, 3.05) is 5.32 Å². The first-order chi connectivity index (χ1) is 15.9. The standard InChI is InChI=1S/C28H25N3OS/c1-16-8-11-21-23(15-29)28(33-26(21)12-16)31-27(32)22-14-25(19-10-9-17(2)18(3)13-19)30-24-7-5-4-6-20(22)24/h4-7,9-10,13-14,16H,8,11-12H2,1-3H3,(H,31,32)/t16-/m1/s1. The number of hydrogen-bond donors (Lipinski definition) is 1. The van der Waals surface area contributed by atoms with Crippen LogP contribution in [0, 0.1) is 31.1 Å². The Balaban J connectivity index is 1.58. The number of anilines is 1. The number of rotatable bonds is 3. The summed E-state index contributed by atoms with van der Waals surface area (Å²) in [7, 11) is 0. The van der Waals surface area contributed by atoms with Crippen LogP contribution < -0.4 is 5.32 Å². The zero-order valence-electron chi connectivity index (χ0n) is 19.0. The Bertz CT molecular complexity index is 1440. The van der Waals surface area contributed by atoms with E-state index in [0.717, 1.165) is 47.0 Å². The highest BCUT2D eigenvalue weighted by Gasteiger charge is 2.25. The summed E-state index contributed by atoms with van der Waals surface area (Å²) < 4.78 is 0. The van der Waals surface area contributed by atoms with Crippen LogP contribution in [0.3, 0.4) is 0 Å². The first kappa shape index (κ1) is 21.4. The van der Waals surface area contributed by atoms with E-state index in [1.54, 1.807) is 11.3 Å². The summed E-state index contributed by atoms with van der Waals surface area (Å²) in [4.78, 5) is 19.6. The number of carbonyl (C=O) groups is 1. The van der Waals surface area contributed by atoms with Gasteiger partial charge in [-0.05, 0) is 73.9 Å². The number of fused-ring (bicyclic) bond motifs is 2. The second-order valence-corrected chi connectivity index (χ2v) is 10.1. The molecule has 0 aliphatic heterocycles. The molecule has 0 unspecified atom stereocenters. The fourth-order valence-electron chi connectivity index (χ4n) is 4.54. The van der Waals surface area contributed by atoms with Gasteiger partial charge in [-0.3, -0.25) is 4.79 Å². The normalized spacial score (nSPS) is 15.2. The predicted molar refractivity (Wildman–Crippen MR) is 135 cm³/mol. The fraction of sp³-hybridized carbons (Fsp3) is 0.250. The second-order valence-electron chi connectivity index (χ2n) is 8.99. The number of nitrogens with one attached hydrogen (secondary N) is 1. The minimum absolute atomic E-state index is 0.207. The van der Waals surface area contributed by atoms with Gasteiger partial charge in [0, 0.05) is 15.8 Å². The van der Waals surface area contributed by atoms with E-state index >= 15 is 0 Å². The van der Waals surface area contributed by atoms with Crippen LogP contribution in [0.1, 0.15) is 50.8 Å². The van der Waals surface area contributed by atoms with Crippen LogP contribution in [0.5, 0.6) is 0 Å². The number of aryl methyl sites for hydroxylation is 2. The molecule has 0 saturated heterocycles. The number of nitrogens with zero attached hydrogens (tertiary/aromatic N) is 2. The molecular formula is C28H25N3OS. The molecule has 4 nitrogen and oxygen atoms in total.